The summed E-state index contributed by atoms with van der Waals surface area (Å²) >= 11 is 12.9. The molecule has 0 atom stereocenters. The molecule has 3 nitrogen and oxygen atoms in total. The fraction of sp³-hybridized carbons (Fsp3) is 0.467. The molecule has 0 radical (unpaired) electrons. The summed E-state index contributed by atoms with van der Waals surface area (Å²) in [4.78, 5) is 14.1. The molecule has 0 spiro atoms. The van der Waals surface area contributed by atoms with Gasteiger partial charge in [-0.15, -0.1) is 0 Å². The zero-order valence-corrected chi connectivity index (χ0v) is 15.2. The molecule has 1 aromatic rings. The Balaban J connectivity index is 2.61. The second-order valence-corrected chi connectivity index (χ2v) is 6.73. The van der Waals surface area contributed by atoms with E-state index >= 15 is 0 Å². The van der Waals surface area contributed by atoms with E-state index in [1.807, 2.05) is 39.8 Å². The number of nitrogens with one attached hydrogen (secondary N) is 1. The Labute approximate surface area is 141 Å². The van der Waals surface area contributed by atoms with E-state index in [4.69, 9.17) is 23.8 Å². The van der Waals surface area contributed by atoms with Crippen LogP contribution in [0.3, 0.4) is 0 Å². The summed E-state index contributed by atoms with van der Waals surface area (Å²) in [5, 5.41) is 3.43. The molecule has 0 heterocycles. The van der Waals surface area contributed by atoms with Gasteiger partial charge in [-0.25, -0.2) is 0 Å². The van der Waals surface area contributed by atoms with Crippen LogP contribution in [0.5, 0.6) is 0 Å². The third-order valence-corrected chi connectivity index (χ3v) is 4.87. The molecule has 1 aromatic carbocycles. The Morgan fingerprint density at radius 1 is 1.33 bits per heavy atom. The summed E-state index contributed by atoms with van der Waals surface area (Å²) in [6.45, 7) is 9.71. The maximum absolute atomic E-state index is 12.0. The number of amides is 1. The Kier molecular flexibility index (Phi) is 7.49. The van der Waals surface area contributed by atoms with Crippen molar-refractivity contribution in [2.45, 2.75) is 27.7 Å². The van der Waals surface area contributed by atoms with Crippen molar-refractivity contribution >= 4 is 51.5 Å². The van der Waals surface area contributed by atoms with Crippen LogP contribution in [0.25, 0.3) is 0 Å². The van der Waals surface area contributed by atoms with E-state index in [1.165, 1.54) is 11.8 Å². The highest BCUT2D eigenvalue weighted by Gasteiger charge is 2.12. The Hall–Kier alpha value is -0.780. The molecule has 0 aliphatic heterocycles. The number of halogens is 1. The minimum atomic E-state index is -0.0941. The predicted octanol–water partition coefficient (Wildman–Crippen LogP) is 4.26. The number of carbonyl (C=O) groups excluding carboxylic acids is 1. The van der Waals surface area contributed by atoms with Crippen molar-refractivity contribution in [1.29, 1.82) is 0 Å². The topological polar surface area (TPSA) is 32.3 Å². The van der Waals surface area contributed by atoms with Crippen LogP contribution < -0.4 is 5.32 Å². The van der Waals surface area contributed by atoms with Gasteiger partial charge in [-0.2, -0.15) is 0 Å². The third kappa shape index (κ3) is 5.49. The van der Waals surface area contributed by atoms with Crippen molar-refractivity contribution in [2.75, 3.05) is 24.2 Å². The molecule has 1 rings (SSSR count). The van der Waals surface area contributed by atoms with Crippen LogP contribution in [0.4, 0.5) is 5.69 Å². The predicted molar refractivity (Wildman–Crippen MR) is 97.5 cm³/mol. The van der Waals surface area contributed by atoms with Gasteiger partial charge in [0.15, 0.2) is 0 Å². The van der Waals surface area contributed by atoms with Crippen molar-refractivity contribution in [3.8, 4) is 0 Å². The third-order valence-electron chi connectivity index (χ3n) is 3.04. The van der Waals surface area contributed by atoms with E-state index in [1.54, 1.807) is 0 Å². The summed E-state index contributed by atoms with van der Waals surface area (Å²) in [6.07, 6.45) is 0. The van der Waals surface area contributed by atoms with Crippen LogP contribution in [0.1, 0.15) is 25.0 Å². The number of aryl methyl sites for hydroxylation is 2. The lowest BCUT2D eigenvalue weighted by Crippen LogP contribution is -2.28. The second kappa shape index (κ2) is 8.61. The molecule has 0 aliphatic rings. The van der Waals surface area contributed by atoms with Crippen molar-refractivity contribution in [3.63, 3.8) is 0 Å². The highest BCUT2D eigenvalue weighted by Crippen LogP contribution is 2.27. The molecule has 0 aliphatic carbocycles. The molecular formula is C15H21ClN2OS2. The van der Waals surface area contributed by atoms with E-state index in [-0.39, 0.29) is 5.91 Å². The molecule has 0 aromatic heterocycles. The number of anilines is 1. The van der Waals surface area contributed by atoms with Gasteiger partial charge in [0, 0.05) is 13.1 Å². The molecule has 116 valence electrons. The first-order valence-electron chi connectivity index (χ1n) is 6.87. The van der Waals surface area contributed by atoms with Crippen LogP contribution in [0.2, 0.25) is 5.02 Å². The standard InChI is InChI=1S/C15H21ClN2OS2/c1-5-18(6-2)15(20)21-9-13(19)17-14-11(4)7-10(3)8-12(14)16/h7-8H,5-6,9H2,1-4H3,(H,17,19). The Bertz CT molecular complexity index is 507. The summed E-state index contributed by atoms with van der Waals surface area (Å²) in [7, 11) is 0. The number of carbonyl (C=O) groups is 1. The van der Waals surface area contributed by atoms with Crippen LogP contribution >= 0.6 is 35.6 Å². The average molecular weight is 345 g/mol. The maximum atomic E-state index is 12.0. The molecule has 0 bridgehead atoms. The Morgan fingerprint density at radius 2 is 1.95 bits per heavy atom. The highest BCUT2D eigenvalue weighted by atomic mass is 35.5. The normalized spacial score (nSPS) is 10.3. The van der Waals surface area contributed by atoms with Crippen molar-refractivity contribution in [3.05, 3.63) is 28.3 Å². The molecule has 21 heavy (non-hydrogen) atoms. The lowest BCUT2D eigenvalue weighted by Gasteiger charge is -2.20. The van der Waals surface area contributed by atoms with Crippen molar-refractivity contribution in [2.24, 2.45) is 0 Å². The first kappa shape index (κ1) is 18.3. The zero-order chi connectivity index (χ0) is 16.0. The first-order valence-corrected chi connectivity index (χ1v) is 8.64. The summed E-state index contributed by atoms with van der Waals surface area (Å²) < 4.78 is 0.752. The molecule has 6 heteroatoms. The molecule has 1 amide bonds. The monoisotopic (exact) mass is 344 g/mol. The number of benzene rings is 1. The Morgan fingerprint density at radius 3 is 2.48 bits per heavy atom. The van der Waals surface area contributed by atoms with E-state index in [0.29, 0.717) is 16.5 Å². The fourth-order valence-electron chi connectivity index (χ4n) is 1.95. The number of hydrogen-bond donors (Lipinski definition) is 1. The quantitative estimate of drug-likeness (QED) is 0.809. The van der Waals surface area contributed by atoms with E-state index in [2.05, 4.69) is 10.2 Å². The van der Waals surface area contributed by atoms with E-state index in [9.17, 15) is 4.79 Å². The van der Waals surface area contributed by atoms with Gasteiger partial charge in [-0.3, -0.25) is 4.79 Å². The molecule has 0 saturated heterocycles. The summed E-state index contributed by atoms with van der Waals surface area (Å²) in [6, 6.07) is 3.84. The lowest BCUT2D eigenvalue weighted by molar-refractivity contribution is -0.113. The summed E-state index contributed by atoms with van der Waals surface area (Å²) in [5.41, 5.74) is 2.72. The van der Waals surface area contributed by atoms with Crippen LogP contribution in [0, 0.1) is 13.8 Å². The average Bonchev–Trinajstić information content (AvgIpc) is 2.42. The number of thiocarbonyl (C=S) groups is 1. The van der Waals surface area contributed by atoms with Crippen molar-refractivity contribution < 1.29 is 4.79 Å². The minimum absolute atomic E-state index is 0.0941. The fourth-order valence-corrected chi connectivity index (χ4v) is 3.52. The first-order chi connectivity index (χ1) is 9.88. The van der Waals surface area contributed by atoms with Crippen LogP contribution in [-0.2, 0) is 4.79 Å². The second-order valence-electron chi connectivity index (χ2n) is 4.71. The molecule has 0 unspecified atom stereocenters. The number of nitrogens with zero attached hydrogens (tertiary/aromatic N) is 1. The van der Waals surface area contributed by atoms with Gasteiger partial charge >= 0.3 is 0 Å². The van der Waals surface area contributed by atoms with Gasteiger partial charge in [0.1, 0.15) is 4.32 Å². The lowest BCUT2D eigenvalue weighted by atomic mass is 10.1. The molecule has 0 saturated carbocycles. The number of hydrogen-bond acceptors (Lipinski definition) is 3. The van der Waals surface area contributed by atoms with Gasteiger partial charge in [0.05, 0.1) is 16.5 Å². The van der Waals surface area contributed by atoms with E-state index in [0.717, 1.165) is 28.5 Å². The molecule has 1 N–H and O–H groups in total. The number of rotatable bonds is 5. The number of thioether (sulfide) groups is 1. The van der Waals surface area contributed by atoms with Gasteiger partial charge in [-0.05, 0) is 44.9 Å². The van der Waals surface area contributed by atoms with Gasteiger partial charge in [0.2, 0.25) is 5.91 Å². The van der Waals surface area contributed by atoms with Gasteiger partial charge < -0.3 is 10.2 Å². The molecular weight excluding hydrogens is 324 g/mol. The van der Waals surface area contributed by atoms with Crippen LogP contribution in [-0.4, -0.2) is 34.0 Å². The van der Waals surface area contributed by atoms with E-state index < -0.39 is 0 Å². The largest absolute Gasteiger partial charge is 0.358 e. The van der Waals surface area contributed by atoms with Gasteiger partial charge in [-0.1, -0.05) is 41.6 Å². The SMILES string of the molecule is CCN(CC)C(=S)SCC(=O)Nc1c(C)cc(C)cc1Cl. The van der Waals surface area contributed by atoms with Gasteiger partial charge in [0.25, 0.3) is 0 Å². The minimum Gasteiger partial charge on any atom is -0.358 e. The maximum Gasteiger partial charge on any atom is 0.234 e. The van der Waals surface area contributed by atoms with Crippen LogP contribution in [0.15, 0.2) is 12.1 Å². The van der Waals surface area contributed by atoms with Crippen molar-refractivity contribution in [1.82, 2.24) is 4.90 Å². The highest BCUT2D eigenvalue weighted by molar-refractivity contribution is 8.23. The zero-order valence-electron chi connectivity index (χ0n) is 12.8. The summed E-state index contributed by atoms with van der Waals surface area (Å²) in [5.74, 6) is 0.197. The molecule has 0 fully saturated rings. The smallest absolute Gasteiger partial charge is 0.234 e.